The Kier molecular flexibility index (Phi) is 3.92. The summed E-state index contributed by atoms with van der Waals surface area (Å²) in [5.41, 5.74) is 0.155. The molecule has 1 N–H and O–H groups in total. The van der Waals surface area contributed by atoms with Crippen LogP contribution in [0.1, 0.15) is 15.9 Å². The number of aromatic carboxylic acids is 1. The van der Waals surface area contributed by atoms with Crippen LogP contribution in [-0.2, 0) is 0 Å². The van der Waals surface area contributed by atoms with Crippen LogP contribution in [0.3, 0.4) is 0 Å². The molecule has 0 amide bonds. The summed E-state index contributed by atoms with van der Waals surface area (Å²) in [7, 11) is 4.02. The summed E-state index contributed by atoms with van der Waals surface area (Å²) >= 11 is 0. The number of rotatable bonds is 4. The standard InChI is InChI=1S/C11H13NO5/c1-12(15)6-7-4-5-8(16-2)10(17-3)9(7)11(13)14/h4-6H,1-3H3,(H,13,14). The monoisotopic (exact) mass is 239 g/mol. The van der Waals surface area contributed by atoms with E-state index in [9.17, 15) is 10.0 Å². The zero-order chi connectivity index (χ0) is 13.0. The first kappa shape index (κ1) is 12.8. The number of nitrogens with zero attached hydrogens (tertiary/aromatic N) is 1. The van der Waals surface area contributed by atoms with Crippen LogP contribution in [0.25, 0.3) is 0 Å². The summed E-state index contributed by atoms with van der Waals surface area (Å²) in [5, 5.41) is 20.1. The van der Waals surface area contributed by atoms with E-state index in [1.54, 1.807) is 6.07 Å². The largest absolute Gasteiger partial charge is 0.624 e. The Morgan fingerprint density at radius 2 is 2.06 bits per heavy atom. The minimum Gasteiger partial charge on any atom is -0.624 e. The van der Waals surface area contributed by atoms with Gasteiger partial charge < -0.3 is 19.8 Å². The molecule has 17 heavy (non-hydrogen) atoms. The van der Waals surface area contributed by atoms with Crippen LogP contribution in [-0.4, -0.2) is 43.3 Å². The third kappa shape index (κ3) is 2.66. The molecule has 0 saturated carbocycles. The van der Waals surface area contributed by atoms with Crippen LogP contribution >= 0.6 is 0 Å². The molecule has 92 valence electrons. The predicted molar refractivity (Wildman–Crippen MR) is 61.2 cm³/mol. The third-order valence-electron chi connectivity index (χ3n) is 2.11. The van der Waals surface area contributed by atoms with Crippen LogP contribution in [0.5, 0.6) is 11.5 Å². The van der Waals surface area contributed by atoms with Crippen LogP contribution in [0.15, 0.2) is 12.1 Å². The molecule has 0 fully saturated rings. The molecule has 0 aliphatic carbocycles. The van der Waals surface area contributed by atoms with Gasteiger partial charge in [0.25, 0.3) is 0 Å². The minimum absolute atomic E-state index is 0.0931. The molecule has 0 unspecified atom stereocenters. The van der Waals surface area contributed by atoms with Gasteiger partial charge in [-0.3, -0.25) is 0 Å². The Morgan fingerprint density at radius 3 is 2.47 bits per heavy atom. The van der Waals surface area contributed by atoms with Gasteiger partial charge in [0.1, 0.15) is 12.6 Å². The lowest BCUT2D eigenvalue weighted by atomic mass is 10.1. The molecule has 0 aliphatic rings. The maximum Gasteiger partial charge on any atom is 0.340 e. The topological polar surface area (TPSA) is 81.8 Å². The van der Waals surface area contributed by atoms with Gasteiger partial charge in [0, 0.05) is 0 Å². The lowest BCUT2D eigenvalue weighted by Crippen LogP contribution is -2.09. The number of hydrogen-bond donors (Lipinski definition) is 1. The second kappa shape index (κ2) is 5.20. The summed E-state index contributed by atoms with van der Waals surface area (Å²) in [5.74, 6) is -0.792. The van der Waals surface area contributed by atoms with E-state index in [0.717, 1.165) is 6.21 Å². The minimum atomic E-state index is -1.19. The summed E-state index contributed by atoms with van der Waals surface area (Å²) in [6, 6.07) is 3.03. The quantitative estimate of drug-likeness (QED) is 0.366. The van der Waals surface area contributed by atoms with Crippen molar-refractivity contribution in [2.24, 2.45) is 0 Å². The number of carbonyl (C=O) groups is 1. The smallest absolute Gasteiger partial charge is 0.340 e. The molecule has 0 spiro atoms. The van der Waals surface area contributed by atoms with E-state index in [-0.39, 0.29) is 16.9 Å². The van der Waals surface area contributed by atoms with E-state index >= 15 is 0 Å². The number of ether oxygens (including phenoxy) is 2. The average molecular weight is 239 g/mol. The average Bonchev–Trinajstić information content (AvgIpc) is 2.26. The molecule has 0 aliphatic heterocycles. The summed E-state index contributed by atoms with van der Waals surface area (Å²) in [6.45, 7) is 0. The molecule has 0 aromatic heterocycles. The molecule has 1 aromatic carbocycles. The van der Waals surface area contributed by atoms with Gasteiger partial charge in [-0.2, -0.15) is 0 Å². The Labute approximate surface area is 98.3 Å². The fourth-order valence-corrected chi connectivity index (χ4v) is 1.47. The maximum atomic E-state index is 11.2. The van der Waals surface area contributed by atoms with Crippen molar-refractivity contribution in [3.05, 3.63) is 28.5 Å². The van der Waals surface area contributed by atoms with Gasteiger partial charge in [-0.1, -0.05) is 0 Å². The number of carboxylic acids is 1. The van der Waals surface area contributed by atoms with Crippen LogP contribution in [0.4, 0.5) is 0 Å². The maximum absolute atomic E-state index is 11.2. The first-order valence-electron chi connectivity index (χ1n) is 4.74. The molecule has 1 rings (SSSR count). The Balaban J connectivity index is 3.53. The van der Waals surface area contributed by atoms with Gasteiger partial charge in [0.2, 0.25) is 0 Å². The SMILES string of the molecule is COc1ccc(C=[N+](C)[O-])c(C(=O)O)c1OC. The number of hydroxylamine groups is 1. The molecular weight excluding hydrogens is 226 g/mol. The molecular formula is C11H13NO5. The van der Waals surface area contributed by atoms with Gasteiger partial charge in [-0.25, -0.2) is 9.53 Å². The van der Waals surface area contributed by atoms with Gasteiger partial charge in [0.15, 0.2) is 17.7 Å². The van der Waals surface area contributed by atoms with E-state index in [4.69, 9.17) is 14.6 Å². The highest BCUT2D eigenvalue weighted by Crippen LogP contribution is 2.32. The number of benzene rings is 1. The molecule has 6 heteroatoms. The molecule has 1 aromatic rings. The molecule has 0 bridgehead atoms. The highest BCUT2D eigenvalue weighted by atomic mass is 16.5. The van der Waals surface area contributed by atoms with Crippen molar-refractivity contribution in [1.29, 1.82) is 0 Å². The van der Waals surface area contributed by atoms with Crippen molar-refractivity contribution in [1.82, 2.24) is 0 Å². The first-order valence-corrected chi connectivity index (χ1v) is 4.74. The summed E-state index contributed by atoms with van der Waals surface area (Å²) < 4.78 is 10.5. The van der Waals surface area contributed by atoms with Crippen molar-refractivity contribution in [2.75, 3.05) is 21.3 Å². The van der Waals surface area contributed by atoms with Crippen LogP contribution in [0, 0.1) is 5.21 Å². The van der Waals surface area contributed by atoms with E-state index < -0.39 is 5.97 Å². The molecule has 0 saturated heterocycles. The zero-order valence-electron chi connectivity index (χ0n) is 9.76. The predicted octanol–water partition coefficient (Wildman–Crippen LogP) is 0.961. The van der Waals surface area contributed by atoms with Gasteiger partial charge in [0.05, 0.1) is 19.8 Å². The second-order valence-corrected chi connectivity index (χ2v) is 3.25. The van der Waals surface area contributed by atoms with E-state index in [1.807, 2.05) is 0 Å². The second-order valence-electron chi connectivity index (χ2n) is 3.25. The zero-order valence-corrected chi connectivity index (χ0v) is 9.76. The number of methoxy groups -OCH3 is 2. The molecule has 0 atom stereocenters. The van der Waals surface area contributed by atoms with Gasteiger partial charge in [-0.05, 0) is 12.1 Å². The lowest BCUT2D eigenvalue weighted by Gasteiger charge is -2.11. The summed E-state index contributed by atoms with van der Waals surface area (Å²) in [6.07, 6.45) is 1.16. The Hall–Kier alpha value is -2.24. The van der Waals surface area contributed by atoms with E-state index in [1.165, 1.54) is 27.3 Å². The highest BCUT2D eigenvalue weighted by Gasteiger charge is 2.21. The van der Waals surface area contributed by atoms with Gasteiger partial charge in [-0.15, -0.1) is 0 Å². The normalized spacial score (nSPS) is 11.1. The van der Waals surface area contributed by atoms with Crippen molar-refractivity contribution < 1.29 is 24.1 Å². The molecule has 6 nitrogen and oxygen atoms in total. The third-order valence-corrected chi connectivity index (χ3v) is 2.11. The van der Waals surface area contributed by atoms with Crippen LogP contribution in [0.2, 0.25) is 0 Å². The van der Waals surface area contributed by atoms with Crippen molar-refractivity contribution in [2.45, 2.75) is 0 Å². The van der Waals surface area contributed by atoms with Gasteiger partial charge >= 0.3 is 5.97 Å². The Bertz CT molecular complexity index is 463. The fraction of sp³-hybridized carbons (Fsp3) is 0.273. The fourth-order valence-electron chi connectivity index (χ4n) is 1.47. The van der Waals surface area contributed by atoms with Crippen LogP contribution < -0.4 is 9.47 Å². The first-order chi connectivity index (χ1) is 8.01. The van der Waals surface area contributed by atoms with Crippen molar-refractivity contribution >= 4 is 12.2 Å². The lowest BCUT2D eigenvalue weighted by molar-refractivity contribution is -0.416. The molecule has 0 heterocycles. The highest BCUT2D eigenvalue weighted by molar-refractivity contribution is 6.00. The van der Waals surface area contributed by atoms with E-state index in [0.29, 0.717) is 10.5 Å². The molecule has 0 radical (unpaired) electrons. The number of hydrogen-bond acceptors (Lipinski definition) is 4. The van der Waals surface area contributed by atoms with E-state index in [2.05, 4.69) is 0 Å². The Morgan fingerprint density at radius 1 is 1.41 bits per heavy atom. The number of carboxylic acid groups (broad SMARTS) is 1. The van der Waals surface area contributed by atoms with Crippen molar-refractivity contribution in [3.63, 3.8) is 0 Å². The summed E-state index contributed by atoms with van der Waals surface area (Å²) in [4.78, 5) is 11.2. The van der Waals surface area contributed by atoms with Crippen molar-refractivity contribution in [3.8, 4) is 11.5 Å².